The lowest BCUT2D eigenvalue weighted by Crippen LogP contribution is -2.50. The Morgan fingerprint density at radius 1 is 1.29 bits per heavy atom. The molecular formula is C14H18BrN5O. The van der Waals surface area contributed by atoms with Crippen LogP contribution in [0.2, 0.25) is 0 Å². The Kier molecular flexibility index (Phi) is 3.84. The molecule has 0 atom stereocenters. The maximum Gasteiger partial charge on any atom is 0.225 e. The summed E-state index contributed by atoms with van der Waals surface area (Å²) in [7, 11) is 0. The highest BCUT2D eigenvalue weighted by Gasteiger charge is 2.24. The van der Waals surface area contributed by atoms with E-state index in [1.165, 1.54) is 0 Å². The Hall–Kier alpha value is -1.63. The van der Waals surface area contributed by atoms with E-state index in [-0.39, 0.29) is 11.8 Å². The molecule has 2 aromatic heterocycles. The third kappa shape index (κ3) is 2.74. The van der Waals surface area contributed by atoms with Gasteiger partial charge in [-0.05, 0) is 22.0 Å². The van der Waals surface area contributed by atoms with Crippen molar-refractivity contribution < 1.29 is 4.79 Å². The third-order valence-electron chi connectivity index (χ3n) is 3.74. The van der Waals surface area contributed by atoms with E-state index in [2.05, 4.69) is 30.9 Å². The second kappa shape index (κ2) is 5.63. The summed E-state index contributed by atoms with van der Waals surface area (Å²) in [5, 5.41) is 4.21. The largest absolute Gasteiger partial charge is 0.351 e. The van der Waals surface area contributed by atoms with Crippen molar-refractivity contribution in [3.05, 3.63) is 23.1 Å². The van der Waals surface area contributed by atoms with Crippen LogP contribution in [0.1, 0.15) is 13.8 Å². The van der Waals surface area contributed by atoms with Crippen molar-refractivity contribution in [2.24, 2.45) is 5.92 Å². The highest BCUT2D eigenvalue weighted by atomic mass is 79.9. The van der Waals surface area contributed by atoms with Crippen molar-refractivity contribution in [1.82, 2.24) is 19.5 Å². The van der Waals surface area contributed by atoms with Gasteiger partial charge in [0.05, 0.1) is 0 Å². The number of anilines is 1. The number of amides is 1. The fourth-order valence-electron chi connectivity index (χ4n) is 2.63. The molecule has 112 valence electrons. The Morgan fingerprint density at radius 3 is 2.67 bits per heavy atom. The van der Waals surface area contributed by atoms with Gasteiger partial charge in [-0.2, -0.15) is 5.10 Å². The predicted octanol–water partition coefficient (Wildman–Crippen LogP) is 1.80. The summed E-state index contributed by atoms with van der Waals surface area (Å²) in [5.74, 6) is 1.21. The Labute approximate surface area is 131 Å². The van der Waals surface area contributed by atoms with Gasteiger partial charge in [-0.15, -0.1) is 0 Å². The first-order chi connectivity index (χ1) is 10.1. The van der Waals surface area contributed by atoms with Gasteiger partial charge in [0.2, 0.25) is 5.91 Å². The molecule has 1 aliphatic heterocycles. The second-order valence-corrected chi connectivity index (χ2v) is 6.45. The quantitative estimate of drug-likeness (QED) is 0.827. The number of nitrogens with zero attached hydrogens (tertiary/aromatic N) is 5. The fraction of sp³-hybridized carbons (Fsp3) is 0.500. The molecule has 2 aromatic rings. The van der Waals surface area contributed by atoms with E-state index in [0.717, 1.165) is 42.0 Å². The van der Waals surface area contributed by atoms with Crippen molar-refractivity contribution in [3.63, 3.8) is 0 Å². The summed E-state index contributed by atoms with van der Waals surface area (Å²) in [4.78, 5) is 20.6. The van der Waals surface area contributed by atoms with Gasteiger partial charge in [-0.1, -0.05) is 13.8 Å². The van der Waals surface area contributed by atoms with E-state index < -0.39 is 0 Å². The fourth-order valence-corrected chi connectivity index (χ4v) is 3.04. The lowest BCUT2D eigenvalue weighted by molar-refractivity contribution is -0.134. The van der Waals surface area contributed by atoms with Crippen LogP contribution in [0.4, 0.5) is 5.82 Å². The highest BCUT2D eigenvalue weighted by molar-refractivity contribution is 9.10. The third-order valence-corrected chi connectivity index (χ3v) is 4.17. The van der Waals surface area contributed by atoms with Crippen LogP contribution in [0.3, 0.4) is 0 Å². The maximum absolute atomic E-state index is 12.0. The van der Waals surface area contributed by atoms with Crippen LogP contribution < -0.4 is 4.90 Å². The van der Waals surface area contributed by atoms with E-state index in [0.29, 0.717) is 0 Å². The smallest absolute Gasteiger partial charge is 0.225 e. The molecule has 7 heteroatoms. The molecule has 1 saturated heterocycles. The molecule has 1 aliphatic rings. The number of halogens is 1. The maximum atomic E-state index is 12.0. The molecule has 0 N–H and O–H groups in total. The normalized spacial score (nSPS) is 16.0. The van der Waals surface area contributed by atoms with Crippen molar-refractivity contribution in [1.29, 1.82) is 0 Å². The summed E-state index contributed by atoms with van der Waals surface area (Å²) in [6, 6.07) is 2.01. The summed E-state index contributed by atoms with van der Waals surface area (Å²) >= 11 is 3.47. The standard InChI is InChI=1S/C14H18BrN5O/c1-10(2)14(21)19-5-3-18(4-6-19)13-12-7-11(15)8-20(12)17-9-16-13/h7-10H,3-6H2,1-2H3. The average Bonchev–Trinajstić information content (AvgIpc) is 2.86. The zero-order chi connectivity index (χ0) is 15.0. The summed E-state index contributed by atoms with van der Waals surface area (Å²) in [6.07, 6.45) is 3.49. The number of hydrogen-bond acceptors (Lipinski definition) is 4. The number of piperazine rings is 1. The van der Waals surface area contributed by atoms with Crippen molar-refractivity contribution >= 4 is 33.2 Å². The average molecular weight is 352 g/mol. The number of hydrogen-bond donors (Lipinski definition) is 0. The van der Waals surface area contributed by atoms with Gasteiger partial charge in [0.25, 0.3) is 0 Å². The van der Waals surface area contributed by atoms with Gasteiger partial charge in [-0.25, -0.2) is 9.50 Å². The molecule has 0 spiro atoms. The number of fused-ring (bicyclic) bond motifs is 1. The van der Waals surface area contributed by atoms with Gasteiger partial charge in [0.15, 0.2) is 5.82 Å². The van der Waals surface area contributed by atoms with E-state index in [9.17, 15) is 4.79 Å². The lowest BCUT2D eigenvalue weighted by atomic mass is 10.1. The molecule has 0 bridgehead atoms. The molecule has 0 aliphatic carbocycles. The molecule has 0 saturated carbocycles. The first-order valence-electron chi connectivity index (χ1n) is 7.09. The number of carbonyl (C=O) groups excluding carboxylic acids is 1. The molecule has 3 rings (SSSR count). The van der Waals surface area contributed by atoms with E-state index in [4.69, 9.17) is 0 Å². The van der Waals surface area contributed by atoms with Gasteiger partial charge >= 0.3 is 0 Å². The van der Waals surface area contributed by atoms with E-state index in [1.807, 2.05) is 35.5 Å². The number of carbonyl (C=O) groups is 1. The van der Waals surface area contributed by atoms with Crippen LogP contribution in [0.5, 0.6) is 0 Å². The molecule has 0 aromatic carbocycles. The van der Waals surface area contributed by atoms with E-state index >= 15 is 0 Å². The lowest BCUT2D eigenvalue weighted by Gasteiger charge is -2.36. The van der Waals surface area contributed by atoms with Crippen molar-refractivity contribution in [2.45, 2.75) is 13.8 Å². The predicted molar refractivity (Wildman–Crippen MR) is 84.3 cm³/mol. The van der Waals surface area contributed by atoms with Crippen LogP contribution in [0.25, 0.3) is 5.52 Å². The summed E-state index contributed by atoms with van der Waals surface area (Å²) < 4.78 is 2.80. The molecule has 21 heavy (non-hydrogen) atoms. The molecule has 1 amide bonds. The Morgan fingerprint density at radius 2 is 2.00 bits per heavy atom. The SMILES string of the molecule is CC(C)C(=O)N1CCN(c2ncnn3cc(Br)cc23)CC1. The van der Waals surface area contributed by atoms with Crippen LogP contribution in [-0.2, 0) is 4.79 Å². The molecule has 0 unspecified atom stereocenters. The molecule has 3 heterocycles. The molecule has 1 fully saturated rings. The van der Waals surface area contributed by atoms with Gasteiger partial charge < -0.3 is 9.80 Å². The first kappa shape index (κ1) is 14.3. The van der Waals surface area contributed by atoms with E-state index in [1.54, 1.807) is 6.33 Å². The summed E-state index contributed by atoms with van der Waals surface area (Å²) in [6.45, 7) is 6.98. The van der Waals surface area contributed by atoms with Crippen LogP contribution in [-0.4, -0.2) is 51.6 Å². The summed E-state index contributed by atoms with van der Waals surface area (Å²) in [5.41, 5.74) is 0.980. The second-order valence-electron chi connectivity index (χ2n) is 5.54. The van der Waals surface area contributed by atoms with Crippen molar-refractivity contribution in [2.75, 3.05) is 31.1 Å². The number of rotatable bonds is 2. The topological polar surface area (TPSA) is 53.7 Å². The molecule has 0 radical (unpaired) electrons. The Balaban J connectivity index is 1.78. The molecule has 6 nitrogen and oxygen atoms in total. The minimum Gasteiger partial charge on any atom is -0.351 e. The minimum atomic E-state index is 0.0592. The minimum absolute atomic E-state index is 0.0592. The van der Waals surface area contributed by atoms with Gasteiger partial charge in [0, 0.05) is 42.8 Å². The molecular weight excluding hydrogens is 334 g/mol. The van der Waals surface area contributed by atoms with Gasteiger partial charge in [0.1, 0.15) is 11.8 Å². The monoisotopic (exact) mass is 351 g/mol. The Bertz CT molecular complexity index is 660. The van der Waals surface area contributed by atoms with Crippen LogP contribution in [0, 0.1) is 5.92 Å². The van der Waals surface area contributed by atoms with Crippen LogP contribution in [0.15, 0.2) is 23.1 Å². The number of aromatic nitrogens is 3. The van der Waals surface area contributed by atoms with Crippen molar-refractivity contribution in [3.8, 4) is 0 Å². The highest BCUT2D eigenvalue weighted by Crippen LogP contribution is 2.24. The zero-order valence-corrected chi connectivity index (χ0v) is 13.7. The zero-order valence-electron chi connectivity index (χ0n) is 12.2. The van der Waals surface area contributed by atoms with Gasteiger partial charge in [-0.3, -0.25) is 4.79 Å². The first-order valence-corrected chi connectivity index (χ1v) is 7.88. The van der Waals surface area contributed by atoms with Crippen LogP contribution >= 0.6 is 15.9 Å².